The minimum Gasteiger partial charge on any atom is -0.480 e. The van der Waals surface area contributed by atoms with Crippen molar-refractivity contribution < 1.29 is 9.90 Å². The standard InChI is InChI=1S/C11H19N3O2/c1-8(2)14(7-11(15)16)6-10-5-13(4)12-9(10)3/h5,8H,6-7H2,1-4H3,(H,15,16). The maximum Gasteiger partial charge on any atom is 0.317 e. The summed E-state index contributed by atoms with van der Waals surface area (Å²) in [6.07, 6.45) is 1.94. The van der Waals surface area contributed by atoms with E-state index < -0.39 is 5.97 Å². The smallest absolute Gasteiger partial charge is 0.317 e. The van der Waals surface area contributed by atoms with Gasteiger partial charge in [0.2, 0.25) is 0 Å². The molecule has 16 heavy (non-hydrogen) atoms. The summed E-state index contributed by atoms with van der Waals surface area (Å²) in [5.74, 6) is -0.796. The maximum absolute atomic E-state index is 10.7. The van der Waals surface area contributed by atoms with Crippen molar-refractivity contribution in [2.45, 2.75) is 33.4 Å². The molecule has 0 aliphatic rings. The number of carboxylic acid groups (broad SMARTS) is 1. The monoisotopic (exact) mass is 225 g/mol. The SMILES string of the molecule is Cc1nn(C)cc1CN(CC(=O)O)C(C)C. The summed E-state index contributed by atoms with van der Waals surface area (Å²) in [6.45, 7) is 6.62. The highest BCUT2D eigenvalue weighted by Gasteiger charge is 2.15. The van der Waals surface area contributed by atoms with E-state index in [-0.39, 0.29) is 12.6 Å². The molecule has 0 saturated heterocycles. The van der Waals surface area contributed by atoms with E-state index in [1.165, 1.54) is 0 Å². The fourth-order valence-corrected chi connectivity index (χ4v) is 1.62. The molecule has 5 nitrogen and oxygen atoms in total. The molecule has 0 saturated carbocycles. The molecule has 1 rings (SSSR count). The number of hydrogen-bond acceptors (Lipinski definition) is 3. The van der Waals surface area contributed by atoms with E-state index in [0.29, 0.717) is 6.54 Å². The molecule has 0 aliphatic carbocycles. The van der Waals surface area contributed by atoms with Crippen LogP contribution in [0.15, 0.2) is 6.20 Å². The molecule has 0 fully saturated rings. The van der Waals surface area contributed by atoms with Gasteiger partial charge in [-0.15, -0.1) is 0 Å². The highest BCUT2D eigenvalue weighted by Crippen LogP contribution is 2.11. The van der Waals surface area contributed by atoms with Crippen molar-refractivity contribution in [2.75, 3.05) is 6.54 Å². The molecule has 0 unspecified atom stereocenters. The quantitative estimate of drug-likeness (QED) is 0.813. The number of aryl methyl sites for hydroxylation is 2. The number of carboxylic acids is 1. The minimum absolute atomic E-state index is 0.0615. The minimum atomic E-state index is -0.796. The average Bonchev–Trinajstić information content (AvgIpc) is 2.43. The van der Waals surface area contributed by atoms with Crippen molar-refractivity contribution >= 4 is 5.97 Å². The first kappa shape index (κ1) is 12.7. The molecule has 0 radical (unpaired) electrons. The third-order valence-electron chi connectivity index (χ3n) is 2.56. The third kappa shape index (κ3) is 3.34. The first-order valence-electron chi connectivity index (χ1n) is 5.35. The van der Waals surface area contributed by atoms with Gasteiger partial charge in [-0.1, -0.05) is 0 Å². The molecule has 1 N–H and O–H groups in total. The molecule has 0 bridgehead atoms. The number of hydrogen-bond donors (Lipinski definition) is 1. The van der Waals surface area contributed by atoms with E-state index >= 15 is 0 Å². The summed E-state index contributed by atoms with van der Waals surface area (Å²) in [7, 11) is 1.87. The van der Waals surface area contributed by atoms with Gasteiger partial charge < -0.3 is 5.11 Å². The fourth-order valence-electron chi connectivity index (χ4n) is 1.62. The molecular formula is C11H19N3O2. The second kappa shape index (κ2) is 5.12. The van der Waals surface area contributed by atoms with E-state index in [2.05, 4.69) is 5.10 Å². The molecule has 0 aromatic carbocycles. The summed E-state index contributed by atoms with van der Waals surface area (Å²) in [5.41, 5.74) is 2.04. The Balaban J connectivity index is 2.75. The van der Waals surface area contributed by atoms with Gasteiger partial charge in [-0.3, -0.25) is 14.4 Å². The lowest BCUT2D eigenvalue weighted by Gasteiger charge is -2.24. The van der Waals surface area contributed by atoms with Crippen molar-refractivity contribution in [3.63, 3.8) is 0 Å². The van der Waals surface area contributed by atoms with E-state index in [1.807, 2.05) is 38.9 Å². The topological polar surface area (TPSA) is 58.4 Å². The van der Waals surface area contributed by atoms with Crippen molar-refractivity contribution in [2.24, 2.45) is 7.05 Å². The molecule has 0 spiro atoms. The van der Waals surface area contributed by atoms with Crippen LogP contribution in [0.25, 0.3) is 0 Å². The molecular weight excluding hydrogens is 206 g/mol. The predicted molar refractivity (Wildman–Crippen MR) is 61.1 cm³/mol. The Hall–Kier alpha value is -1.36. The zero-order valence-electron chi connectivity index (χ0n) is 10.3. The highest BCUT2D eigenvalue weighted by atomic mass is 16.4. The van der Waals surface area contributed by atoms with E-state index in [1.54, 1.807) is 4.68 Å². The first-order chi connectivity index (χ1) is 7.40. The Morgan fingerprint density at radius 1 is 1.62 bits per heavy atom. The molecule has 5 heteroatoms. The summed E-state index contributed by atoms with van der Waals surface area (Å²) in [6, 6.07) is 0.204. The first-order valence-corrected chi connectivity index (χ1v) is 5.35. The Bertz CT molecular complexity index is 371. The number of carbonyl (C=O) groups is 1. The van der Waals surface area contributed by atoms with Crippen LogP contribution >= 0.6 is 0 Å². The van der Waals surface area contributed by atoms with Gasteiger partial charge in [-0.05, 0) is 20.8 Å². The number of aromatic nitrogens is 2. The molecule has 1 aromatic heterocycles. The maximum atomic E-state index is 10.7. The van der Waals surface area contributed by atoms with Crippen LogP contribution in [0, 0.1) is 6.92 Å². The van der Waals surface area contributed by atoms with Gasteiger partial charge >= 0.3 is 5.97 Å². The van der Waals surface area contributed by atoms with Crippen molar-refractivity contribution in [3.05, 3.63) is 17.5 Å². The van der Waals surface area contributed by atoms with Crippen LogP contribution in [0.4, 0.5) is 0 Å². The number of aliphatic carboxylic acids is 1. The van der Waals surface area contributed by atoms with Crippen LogP contribution in [-0.4, -0.2) is 38.3 Å². The zero-order chi connectivity index (χ0) is 12.3. The second-order valence-corrected chi connectivity index (χ2v) is 4.31. The molecule has 90 valence electrons. The van der Waals surface area contributed by atoms with Crippen LogP contribution in [-0.2, 0) is 18.4 Å². The number of nitrogens with zero attached hydrogens (tertiary/aromatic N) is 3. The van der Waals surface area contributed by atoms with E-state index in [0.717, 1.165) is 11.3 Å². The lowest BCUT2D eigenvalue weighted by Crippen LogP contribution is -2.35. The third-order valence-corrected chi connectivity index (χ3v) is 2.56. The highest BCUT2D eigenvalue weighted by molar-refractivity contribution is 5.69. The van der Waals surface area contributed by atoms with E-state index in [9.17, 15) is 4.79 Å². The summed E-state index contributed by atoms with van der Waals surface area (Å²) >= 11 is 0. The van der Waals surface area contributed by atoms with Crippen molar-refractivity contribution in [1.29, 1.82) is 0 Å². The van der Waals surface area contributed by atoms with Crippen LogP contribution in [0.5, 0.6) is 0 Å². The van der Waals surface area contributed by atoms with Gasteiger partial charge in [0, 0.05) is 31.4 Å². The van der Waals surface area contributed by atoms with Gasteiger partial charge in [-0.2, -0.15) is 5.10 Å². The normalized spacial score (nSPS) is 11.4. The molecule has 1 heterocycles. The van der Waals surface area contributed by atoms with Crippen LogP contribution in [0.1, 0.15) is 25.1 Å². The summed E-state index contributed by atoms with van der Waals surface area (Å²) < 4.78 is 1.75. The molecule has 0 atom stereocenters. The fraction of sp³-hybridized carbons (Fsp3) is 0.636. The van der Waals surface area contributed by atoms with Crippen molar-refractivity contribution in [1.82, 2.24) is 14.7 Å². The molecule has 0 aliphatic heterocycles. The zero-order valence-corrected chi connectivity index (χ0v) is 10.3. The van der Waals surface area contributed by atoms with Gasteiger partial charge in [-0.25, -0.2) is 0 Å². The Labute approximate surface area is 95.7 Å². The summed E-state index contributed by atoms with van der Waals surface area (Å²) in [4.78, 5) is 12.6. The summed E-state index contributed by atoms with van der Waals surface area (Å²) in [5, 5.41) is 13.1. The van der Waals surface area contributed by atoms with Crippen LogP contribution in [0.3, 0.4) is 0 Å². The molecule has 1 aromatic rings. The van der Waals surface area contributed by atoms with Gasteiger partial charge in [0.25, 0.3) is 0 Å². The lowest BCUT2D eigenvalue weighted by molar-refractivity contribution is -0.138. The Kier molecular flexibility index (Phi) is 4.06. The lowest BCUT2D eigenvalue weighted by atomic mass is 10.2. The van der Waals surface area contributed by atoms with Crippen LogP contribution < -0.4 is 0 Å². The number of rotatable bonds is 5. The second-order valence-electron chi connectivity index (χ2n) is 4.31. The van der Waals surface area contributed by atoms with E-state index in [4.69, 9.17) is 5.11 Å². The average molecular weight is 225 g/mol. The predicted octanol–water partition coefficient (Wildman–Crippen LogP) is 1.02. The molecule has 0 amide bonds. The van der Waals surface area contributed by atoms with Gasteiger partial charge in [0.05, 0.1) is 12.2 Å². The van der Waals surface area contributed by atoms with Crippen molar-refractivity contribution in [3.8, 4) is 0 Å². The Morgan fingerprint density at radius 2 is 2.25 bits per heavy atom. The largest absolute Gasteiger partial charge is 0.480 e. The van der Waals surface area contributed by atoms with Crippen LogP contribution in [0.2, 0.25) is 0 Å². The van der Waals surface area contributed by atoms with Gasteiger partial charge in [0.1, 0.15) is 0 Å². The Morgan fingerprint density at radius 3 is 2.62 bits per heavy atom. The van der Waals surface area contributed by atoms with Gasteiger partial charge in [0.15, 0.2) is 0 Å².